The van der Waals surface area contributed by atoms with Crippen molar-refractivity contribution in [1.29, 1.82) is 0 Å². The fourth-order valence-corrected chi connectivity index (χ4v) is 5.01. The molecule has 4 rings (SSSR count). The molecule has 0 unspecified atom stereocenters. The predicted molar refractivity (Wildman–Crippen MR) is 97.9 cm³/mol. The van der Waals surface area contributed by atoms with E-state index in [0.29, 0.717) is 0 Å². The van der Waals surface area contributed by atoms with Gasteiger partial charge in [0.25, 0.3) is 0 Å². The number of hydrogen-bond acceptors (Lipinski definition) is 2. The van der Waals surface area contributed by atoms with Crippen molar-refractivity contribution < 1.29 is 0 Å². The third-order valence-electron chi connectivity index (χ3n) is 3.16. The molecule has 0 bridgehead atoms. The van der Waals surface area contributed by atoms with E-state index in [9.17, 15) is 0 Å². The summed E-state index contributed by atoms with van der Waals surface area (Å²) < 4.78 is 4.01. The summed E-state index contributed by atoms with van der Waals surface area (Å²) in [5, 5.41) is 2.69. The second-order valence-electron chi connectivity index (χ2n) is 4.47. The lowest BCUT2D eigenvalue weighted by Crippen LogP contribution is -1.65. The van der Waals surface area contributed by atoms with Crippen LogP contribution in [0, 0.1) is 14.7 Å². The summed E-state index contributed by atoms with van der Waals surface area (Å²) in [4.78, 5) is 1.13. The van der Waals surface area contributed by atoms with Gasteiger partial charge in [0.2, 0.25) is 0 Å². The molecule has 0 fully saturated rings. The van der Waals surface area contributed by atoms with E-state index in [1.54, 1.807) is 11.3 Å². The first-order valence-corrected chi connectivity index (χ1v) is 8.86. The fourth-order valence-electron chi connectivity index (χ4n) is 2.25. The molecule has 0 aliphatic heterocycles. The summed E-state index contributed by atoms with van der Waals surface area (Å²) in [5.74, 6) is 6.49. The number of hydrogen-bond donors (Lipinski definition) is 0. The number of halogens is 1. The Balaban J connectivity index is 1.88. The minimum Gasteiger partial charge on any atom is -0.186 e. The van der Waals surface area contributed by atoms with Crippen LogP contribution in [-0.4, -0.2) is 0 Å². The van der Waals surface area contributed by atoms with Gasteiger partial charge in [0.1, 0.15) is 0 Å². The lowest BCUT2D eigenvalue weighted by molar-refractivity contribution is 1.84. The lowest BCUT2D eigenvalue weighted by Gasteiger charge is -1.90. The Morgan fingerprint density at radius 1 is 0.950 bits per heavy atom. The van der Waals surface area contributed by atoms with Crippen LogP contribution in [0.5, 0.6) is 0 Å². The van der Waals surface area contributed by atoms with E-state index in [4.69, 9.17) is 0 Å². The Morgan fingerprint density at radius 3 is 2.55 bits per heavy atom. The molecule has 2 aromatic carbocycles. The maximum absolute atomic E-state index is 3.28. The molecule has 4 aromatic rings. The number of rotatable bonds is 0. The Labute approximate surface area is 138 Å². The number of fused-ring (bicyclic) bond motifs is 3. The van der Waals surface area contributed by atoms with Gasteiger partial charge >= 0.3 is 0 Å². The molecule has 0 nitrogen and oxygen atoms in total. The zero-order chi connectivity index (χ0) is 13.5. The van der Waals surface area contributed by atoms with E-state index < -0.39 is 0 Å². The van der Waals surface area contributed by atoms with Gasteiger partial charge in [0, 0.05) is 20.2 Å². The van der Waals surface area contributed by atoms with Crippen LogP contribution in [0.25, 0.3) is 20.2 Å². The molecule has 2 heterocycles. The first-order chi connectivity index (χ1) is 9.79. The SMILES string of the molecule is Ic1cc2c(ccc3sc(C#Cc4ccc[cH-]4)cc32)s1. The zero-order valence-corrected chi connectivity index (χ0v) is 14.1. The van der Waals surface area contributed by atoms with Gasteiger partial charge in [-0.1, -0.05) is 0 Å². The maximum atomic E-state index is 3.28. The van der Waals surface area contributed by atoms with Gasteiger partial charge in [-0.25, -0.2) is 0 Å². The summed E-state index contributed by atoms with van der Waals surface area (Å²) in [6.07, 6.45) is 0. The van der Waals surface area contributed by atoms with Crippen molar-refractivity contribution in [2.45, 2.75) is 0 Å². The lowest BCUT2D eigenvalue weighted by atomic mass is 10.2. The van der Waals surface area contributed by atoms with Crippen LogP contribution in [0.15, 0.2) is 48.5 Å². The van der Waals surface area contributed by atoms with Crippen molar-refractivity contribution in [2.75, 3.05) is 0 Å². The molecule has 20 heavy (non-hydrogen) atoms. The molecule has 0 saturated heterocycles. The molecule has 0 radical (unpaired) electrons. The highest BCUT2D eigenvalue weighted by Gasteiger charge is 2.06. The second kappa shape index (κ2) is 4.96. The van der Waals surface area contributed by atoms with Crippen LogP contribution >= 0.6 is 45.3 Å². The Morgan fingerprint density at radius 2 is 1.75 bits per heavy atom. The van der Waals surface area contributed by atoms with Crippen LogP contribution in [0.3, 0.4) is 0 Å². The molecule has 0 amide bonds. The van der Waals surface area contributed by atoms with Crippen LogP contribution < -0.4 is 0 Å². The highest BCUT2D eigenvalue weighted by Crippen LogP contribution is 2.36. The summed E-state index contributed by atoms with van der Waals surface area (Å²) >= 11 is 6.00. The van der Waals surface area contributed by atoms with Gasteiger partial charge in [-0.15, -0.1) is 40.2 Å². The first kappa shape index (κ1) is 12.5. The highest BCUT2D eigenvalue weighted by atomic mass is 127. The van der Waals surface area contributed by atoms with Gasteiger partial charge in [-0.3, -0.25) is 0 Å². The predicted octanol–water partition coefficient (Wildman–Crippen LogP) is 5.84. The third kappa shape index (κ3) is 2.18. The smallest absolute Gasteiger partial charge is 0.0677 e. The molecule has 0 saturated carbocycles. The van der Waals surface area contributed by atoms with Crippen LogP contribution in [0.1, 0.15) is 10.4 Å². The minimum atomic E-state index is 1.08. The molecule has 0 spiro atoms. The molecular weight excluding hydrogens is 395 g/mol. The normalized spacial score (nSPS) is 10.8. The Bertz CT molecular complexity index is 959. The molecule has 96 valence electrons. The summed E-state index contributed by atoms with van der Waals surface area (Å²) in [6, 6.07) is 17.0. The molecule has 0 aliphatic rings. The third-order valence-corrected chi connectivity index (χ3v) is 6.04. The highest BCUT2D eigenvalue weighted by molar-refractivity contribution is 14.1. The van der Waals surface area contributed by atoms with Crippen molar-refractivity contribution in [3.8, 4) is 11.8 Å². The largest absolute Gasteiger partial charge is 0.186 e. The van der Waals surface area contributed by atoms with Crippen LogP contribution in [0.2, 0.25) is 0 Å². The van der Waals surface area contributed by atoms with Crippen molar-refractivity contribution in [3.05, 3.63) is 61.9 Å². The first-order valence-electron chi connectivity index (χ1n) is 6.15. The van der Waals surface area contributed by atoms with Gasteiger partial charge in [0.05, 0.1) is 7.76 Å². The summed E-state index contributed by atoms with van der Waals surface area (Å²) in [6.45, 7) is 0. The number of benzene rings is 1. The average molecular weight is 403 g/mol. The molecule has 0 N–H and O–H groups in total. The minimum absolute atomic E-state index is 1.08. The van der Waals surface area contributed by atoms with E-state index in [2.05, 4.69) is 58.7 Å². The van der Waals surface area contributed by atoms with Gasteiger partial charge in [-0.2, -0.15) is 24.1 Å². The molecule has 3 heteroatoms. The zero-order valence-electron chi connectivity index (χ0n) is 10.3. The monoisotopic (exact) mass is 403 g/mol. The van der Waals surface area contributed by atoms with Gasteiger partial charge < -0.3 is 0 Å². The molecule has 0 atom stereocenters. The maximum Gasteiger partial charge on any atom is 0.0677 e. The van der Waals surface area contributed by atoms with Crippen LogP contribution in [0.4, 0.5) is 0 Å². The van der Waals surface area contributed by atoms with E-state index in [0.717, 1.165) is 10.4 Å². The van der Waals surface area contributed by atoms with E-state index in [1.807, 2.05) is 35.6 Å². The van der Waals surface area contributed by atoms with E-state index >= 15 is 0 Å². The number of thiophene rings is 2. The summed E-state index contributed by atoms with van der Waals surface area (Å²) in [5.41, 5.74) is 1.08. The fraction of sp³-hybridized carbons (Fsp3) is 0. The molecule has 2 aromatic heterocycles. The standard InChI is InChI=1S/C17H8IS2/c18-17-10-14-13-9-12(6-5-11-3-1-2-4-11)19-15(13)7-8-16(14)20-17/h1-4,7-10H/q-1. The van der Waals surface area contributed by atoms with Crippen molar-refractivity contribution in [2.24, 2.45) is 0 Å². The van der Waals surface area contributed by atoms with Crippen LogP contribution in [-0.2, 0) is 0 Å². The second-order valence-corrected chi connectivity index (χ2v) is 8.54. The van der Waals surface area contributed by atoms with Crippen molar-refractivity contribution in [1.82, 2.24) is 0 Å². The van der Waals surface area contributed by atoms with E-state index in [-0.39, 0.29) is 0 Å². The molecule has 0 aliphatic carbocycles. The van der Waals surface area contributed by atoms with Gasteiger partial charge in [-0.05, 0) is 46.9 Å². The Kier molecular flexibility index (Phi) is 3.10. The van der Waals surface area contributed by atoms with Crippen molar-refractivity contribution >= 4 is 65.4 Å². The van der Waals surface area contributed by atoms with E-state index in [1.165, 1.54) is 23.1 Å². The van der Waals surface area contributed by atoms with Gasteiger partial charge in [0.15, 0.2) is 0 Å². The molecular formula is C17H8IS2-. The summed E-state index contributed by atoms with van der Waals surface area (Å²) in [7, 11) is 0. The average Bonchev–Trinajstić information content (AvgIpc) is 3.13. The topological polar surface area (TPSA) is 0 Å². The van der Waals surface area contributed by atoms with Crippen molar-refractivity contribution in [3.63, 3.8) is 0 Å². The Hall–Kier alpha value is -1.22. The quantitative estimate of drug-likeness (QED) is 0.197.